The van der Waals surface area contributed by atoms with Crippen LogP contribution in [0.25, 0.3) is 11.0 Å². The van der Waals surface area contributed by atoms with E-state index in [2.05, 4.69) is 34.9 Å². The van der Waals surface area contributed by atoms with Crippen molar-refractivity contribution in [3.8, 4) is 0 Å². The Labute approximate surface area is 154 Å². The summed E-state index contributed by atoms with van der Waals surface area (Å²) in [6, 6.07) is 9.89. The van der Waals surface area contributed by atoms with Crippen LogP contribution in [0, 0.1) is 5.92 Å². The van der Waals surface area contributed by atoms with Crippen molar-refractivity contribution in [2.45, 2.75) is 45.7 Å². The quantitative estimate of drug-likeness (QED) is 0.674. The average Bonchev–Trinajstić information content (AvgIpc) is 3.22. The SMILES string of the molecule is CC(C)CC(NC(=O)CCCn1cccn1)c1nc2ccccc2n1C. The van der Waals surface area contributed by atoms with Crippen molar-refractivity contribution in [3.63, 3.8) is 0 Å². The van der Waals surface area contributed by atoms with E-state index >= 15 is 0 Å². The molecule has 1 N–H and O–H groups in total. The van der Waals surface area contributed by atoms with E-state index in [9.17, 15) is 4.79 Å². The van der Waals surface area contributed by atoms with Gasteiger partial charge < -0.3 is 9.88 Å². The first-order valence-electron chi connectivity index (χ1n) is 9.22. The van der Waals surface area contributed by atoms with Crippen molar-refractivity contribution in [2.75, 3.05) is 0 Å². The molecule has 2 heterocycles. The maximum atomic E-state index is 12.5. The first-order valence-corrected chi connectivity index (χ1v) is 9.22. The van der Waals surface area contributed by atoms with Crippen LogP contribution in [0.2, 0.25) is 0 Å². The van der Waals surface area contributed by atoms with Gasteiger partial charge in [-0.25, -0.2) is 4.98 Å². The number of carbonyl (C=O) groups is 1. The van der Waals surface area contributed by atoms with Gasteiger partial charge in [-0.1, -0.05) is 26.0 Å². The Balaban J connectivity index is 1.68. The van der Waals surface area contributed by atoms with Crippen LogP contribution in [-0.2, 0) is 18.4 Å². The van der Waals surface area contributed by atoms with Crippen LogP contribution in [-0.4, -0.2) is 25.2 Å². The summed E-state index contributed by atoms with van der Waals surface area (Å²) in [5.74, 6) is 1.44. The number of para-hydroxylation sites is 2. The van der Waals surface area contributed by atoms with Crippen molar-refractivity contribution in [1.82, 2.24) is 24.6 Å². The molecule has 0 aliphatic heterocycles. The minimum Gasteiger partial charge on any atom is -0.346 e. The first kappa shape index (κ1) is 18.2. The topological polar surface area (TPSA) is 64.7 Å². The van der Waals surface area contributed by atoms with Gasteiger partial charge in [-0.05, 0) is 37.0 Å². The molecule has 2 aromatic heterocycles. The number of aryl methyl sites for hydroxylation is 2. The number of imidazole rings is 1. The molecular weight excluding hydrogens is 326 g/mol. The summed E-state index contributed by atoms with van der Waals surface area (Å²) in [4.78, 5) is 17.3. The fraction of sp³-hybridized carbons (Fsp3) is 0.450. The lowest BCUT2D eigenvalue weighted by Crippen LogP contribution is -2.31. The van der Waals surface area contributed by atoms with Crippen LogP contribution in [0.5, 0.6) is 0 Å². The molecule has 1 amide bonds. The van der Waals surface area contributed by atoms with Gasteiger partial charge in [0.25, 0.3) is 0 Å². The molecule has 26 heavy (non-hydrogen) atoms. The second-order valence-corrected chi connectivity index (χ2v) is 7.14. The van der Waals surface area contributed by atoms with Crippen molar-refractivity contribution >= 4 is 16.9 Å². The van der Waals surface area contributed by atoms with Crippen LogP contribution in [0.3, 0.4) is 0 Å². The summed E-state index contributed by atoms with van der Waals surface area (Å²) in [5, 5.41) is 7.36. The molecule has 1 unspecified atom stereocenters. The monoisotopic (exact) mass is 353 g/mol. The zero-order valence-electron chi connectivity index (χ0n) is 15.7. The normalized spacial score (nSPS) is 12.6. The fourth-order valence-corrected chi connectivity index (χ4v) is 3.28. The molecule has 138 valence electrons. The highest BCUT2D eigenvalue weighted by Gasteiger charge is 2.21. The molecule has 0 fully saturated rings. The van der Waals surface area contributed by atoms with Crippen molar-refractivity contribution in [3.05, 3.63) is 48.5 Å². The molecule has 1 atom stereocenters. The van der Waals surface area contributed by atoms with Gasteiger partial charge in [0.05, 0.1) is 17.1 Å². The predicted molar refractivity (Wildman–Crippen MR) is 103 cm³/mol. The Bertz CT molecular complexity index is 850. The van der Waals surface area contributed by atoms with E-state index in [1.165, 1.54) is 0 Å². The Kier molecular flexibility index (Phi) is 5.71. The summed E-state index contributed by atoms with van der Waals surface area (Å²) in [5.41, 5.74) is 2.05. The zero-order valence-corrected chi connectivity index (χ0v) is 15.7. The molecule has 0 aliphatic carbocycles. The maximum absolute atomic E-state index is 12.5. The number of hydrogen-bond acceptors (Lipinski definition) is 3. The number of carbonyl (C=O) groups excluding carboxylic acids is 1. The third kappa shape index (κ3) is 4.31. The maximum Gasteiger partial charge on any atom is 0.220 e. The average molecular weight is 353 g/mol. The second-order valence-electron chi connectivity index (χ2n) is 7.14. The number of amides is 1. The molecule has 3 rings (SSSR count). The van der Waals surface area contributed by atoms with Gasteiger partial charge in [0.2, 0.25) is 5.91 Å². The molecule has 3 aromatic rings. The van der Waals surface area contributed by atoms with E-state index in [1.807, 2.05) is 42.2 Å². The third-order valence-corrected chi connectivity index (χ3v) is 4.53. The summed E-state index contributed by atoms with van der Waals surface area (Å²) in [7, 11) is 2.02. The van der Waals surface area contributed by atoms with E-state index in [0.717, 1.165) is 36.2 Å². The number of rotatable bonds is 8. The van der Waals surface area contributed by atoms with Crippen LogP contribution in [0.1, 0.15) is 45.0 Å². The van der Waals surface area contributed by atoms with E-state index in [1.54, 1.807) is 6.20 Å². The summed E-state index contributed by atoms with van der Waals surface area (Å²) >= 11 is 0. The Hall–Kier alpha value is -2.63. The standard InChI is InChI=1S/C20H27N5O/c1-15(2)14-17(20-23-16-8-4-5-9-18(16)24(20)3)22-19(26)10-6-12-25-13-7-11-21-25/h4-5,7-9,11,13,15,17H,6,10,12,14H2,1-3H3,(H,22,26). The highest BCUT2D eigenvalue weighted by molar-refractivity contribution is 5.78. The molecule has 0 spiro atoms. The number of fused-ring (bicyclic) bond motifs is 1. The summed E-state index contributed by atoms with van der Waals surface area (Å²) in [6.45, 7) is 5.08. The van der Waals surface area contributed by atoms with Crippen molar-refractivity contribution < 1.29 is 4.79 Å². The summed E-state index contributed by atoms with van der Waals surface area (Å²) in [6.07, 6.45) is 5.79. The van der Waals surface area contributed by atoms with Crippen LogP contribution < -0.4 is 5.32 Å². The van der Waals surface area contributed by atoms with Gasteiger partial charge in [-0.3, -0.25) is 9.48 Å². The molecule has 0 aliphatic rings. The molecule has 0 bridgehead atoms. The number of benzene rings is 1. The van der Waals surface area contributed by atoms with E-state index in [0.29, 0.717) is 12.3 Å². The Morgan fingerprint density at radius 1 is 1.23 bits per heavy atom. The number of hydrogen-bond donors (Lipinski definition) is 1. The van der Waals surface area contributed by atoms with Crippen LogP contribution >= 0.6 is 0 Å². The Morgan fingerprint density at radius 2 is 2.04 bits per heavy atom. The Morgan fingerprint density at radius 3 is 2.73 bits per heavy atom. The third-order valence-electron chi connectivity index (χ3n) is 4.53. The van der Waals surface area contributed by atoms with E-state index in [-0.39, 0.29) is 11.9 Å². The smallest absolute Gasteiger partial charge is 0.220 e. The number of nitrogens with zero attached hydrogens (tertiary/aromatic N) is 4. The van der Waals surface area contributed by atoms with Crippen molar-refractivity contribution in [2.24, 2.45) is 13.0 Å². The van der Waals surface area contributed by atoms with Crippen LogP contribution in [0.4, 0.5) is 0 Å². The summed E-state index contributed by atoms with van der Waals surface area (Å²) < 4.78 is 3.94. The molecule has 6 nitrogen and oxygen atoms in total. The van der Waals surface area contributed by atoms with Crippen molar-refractivity contribution in [1.29, 1.82) is 0 Å². The molecule has 0 saturated heterocycles. The molecular formula is C20H27N5O. The van der Waals surface area contributed by atoms with Gasteiger partial charge in [0, 0.05) is 32.4 Å². The fourth-order valence-electron chi connectivity index (χ4n) is 3.28. The molecule has 0 radical (unpaired) electrons. The van der Waals surface area contributed by atoms with E-state index in [4.69, 9.17) is 4.98 Å². The predicted octanol–water partition coefficient (Wildman–Crippen LogP) is 3.45. The number of nitrogens with one attached hydrogen (secondary N) is 1. The zero-order chi connectivity index (χ0) is 18.5. The van der Waals surface area contributed by atoms with E-state index < -0.39 is 0 Å². The van der Waals surface area contributed by atoms with Gasteiger partial charge >= 0.3 is 0 Å². The molecule has 6 heteroatoms. The van der Waals surface area contributed by atoms with Gasteiger partial charge in [-0.15, -0.1) is 0 Å². The minimum atomic E-state index is -0.0791. The number of aromatic nitrogens is 4. The minimum absolute atomic E-state index is 0.0647. The van der Waals surface area contributed by atoms with Crippen LogP contribution in [0.15, 0.2) is 42.7 Å². The lowest BCUT2D eigenvalue weighted by Gasteiger charge is -2.20. The van der Waals surface area contributed by atoms with Gasteiger partial charge in [0.15, 0.2) is 0 Å². The lowest BCUT2D eigenvalue weighted by molar-refractivity contribution is -0.122. The highest BCUT2D eigenvalue weighted by atomic mass is 16.1. The van der Waals surface area contributed by atoms with Gasteiger partial charge in [-0.2, -0.15) is 5.10 Å². The highest BCUT2D eigenvalue weighted by Crippen LogP contribution is 2.24. The molecule has 1 aromatic carbocycles. The largest absolute Gasteiger partial charge is 0.346 e. The first-order chi connectivity index (χ1) is 12.5. The second kappa shape index (κ2) is 8.17. The molecule has 0 saturated carbocycles. The lowest BCUT2D eigenvalue weighted by atomic mass is 10.0. The van der Waals surface area contributed by atoms with Gasteiger partial charge in [0.1, 0.15) is 5.82 Å².